The van der Waals surface area contributed by atoms with Crippen molar-refractivity contribution in [1.82, 2.24) is 9.62 Å². The van der Waals surface area contributed by atoms with Crippen molar-refractivity contribution in [1.29, 1.82) is 0 Å². The summed E-state index contributed by atoms with van der Waals surface area (Å²) >= 11 is 0. The van der Waals surface area contributed by atoms with E-state index in [0.717, 1.165) is 0 Å². The molecule has 1 fully saturated rings. The smallest absolute Gasteiger partial charge is 0.243 e. The van der Waals surface area contributed by atoms with Crippen LogP contribution in [0.15, 0.2) is 35.2 Å². The number of nitrogens with two attached hydrogens (primary N) is 1. The Kier molecular flexibility index (Phi) is 5.33. The van der Waals surface area contributed by atoms with Crippen LogP contribution in [0, 0.1) is 0 Å². The zero-order chi connectivity index (χ0) is 15.3. The fourth-order valence-corrected chi connectivity index (χ4v) is 4.13. The van der Waals surface area contributed by atoms with Gasteiger partial charge in [-0.25, -0.2) is 8.42 Å². The molecule has 0 aromatic heterocycles. The molecular formula is C14H21N3O3S. The SMILES string of the molecule is NCCCNC(=O)C1CCCN1S(=O)(=O)c1ccccc1. The number of sulfonamides is 1. The second-order valence-corrected chi connectivity index (χ2v) is 6.91. The number of hydrogen-bond donors (Lipinski definition) is 2. The van der Waals surface area contributed by atoms with Crippen molar-refractivity contribution in [3.05, 3.63) is 30.3 Å². The summed E-state index contributed by atoms with van der Waals surface area (Å²) in [6, 6.07) is 7.61. The molecule has 0 radical (unpaired) electrons. The predicted octanol–water partition coefficient (Wildman–Crippen LogP) is 0.305. The highest BCUT2D eigenvalue weighted by molar-refractivity contribution is 7.89. The number of hydrogen-bond acceptors (Lipinski definition) is 4. The Labute approximate surface area is 125 Å². The third-order valence-corrected chi connectivity index (χ3v) is 5.46. The summed E-state index contributed by atoms with van der Waals surface area (Å²) in [5, 5.41) is 2.75. The molecule has 2 rings (SSSR count). The van der Waals surface area contributed by atoms with E-state index in [4.69, 9.17) is 5.73 Å². The molecule has 21 heavy (non-hydrogen) atoms. The van der Waals surface area contributed by atoms with Crippen molar-refractivity contribution in [3.63, 3.8) is 0 Å². The second-order valence-electron chi connectivity index (χ2n) is 5.02. The largest absolute Gasteiger partial charge is 0.355 e. The minimum absolute atomic E-state index is 0.228. The number of rotatable bonds is 6. The molecule has 1 heterocycles. The highest BCUT2D eigenvalue weighted by Gasteiger charge is 2.39. The number of carbonyl (C=O) groups is 1. The van der Waals surface area contributed by atoms with Crippen LogP contribution in [0.4, 0.5) is 0 Å². The van der Waals surface area contributed by atoms with Crippen LogP contribution in [0.5, 0.6) is 0 Å². The van der Waals surface area contributed by atoms with Crippen molar-refractivity contribution >= 4 is 15.9 Å². The standard InChI is InChI=1S/C14H21N3O3S/c15-9-5-10-16-14(18)13-8-4-11-17(13)21(19,20)12-6-2-1-3-7-12/h1-3,6-7,13H,4-5,8-11,15H2,(H,16,18). The maximum absolute atomic E-state index is 12.6. The highest BCUT2D eigenvalue weighted by Crippen LogP contribution is 2.25. The average Bonchev–Trinajstić information content (AvgIpc) is 2.98. The van der Waals surface area contributed by atoms with Crippen LogP contribution < -0.4 is 11.1 Å². The average molecular weight is 311 g/mol. The molecule has 1 amide bonds. The summed E-state index contributed by atoms with van der Waals surface area (Å²) in [4.78, 5) is 12.4. The fraction of sp³-hybridized carbons (Fsp3) is 0.500. The van der Waals surface area contributed by atoms with Crippen LogP contribution in [0.25, 0.3) is 0 Å². The van der Waals surface area contributed by atoms with Gasteiger partial charge in [-0.05, 0) is 37.9 Å². The van der Waals surface area contributed by atoms with Crippen molar-refractivity contribution < 1.29 is 13.2 Å². The first-order chi connectivity index (χ1) is 10.1. The predicted molar refractivity (Wildman–Crippen MR) is 80.0 cm³/mol. The van der Waals surface area contributed by atoms with Gasteiger partial charge in [0.15, 0.2) is 0 Å². The lowest BCUT2D eigenvalue weighted by Gasteiger charge is -2.23. The van der Waals surface area contributed by atoms with E-state index >= 15 is 0 Å². The van der Waals surface area contributed by atoms with Crippen LogP contribution in [-0.4, -0.2) is 44.3 Å². The molecule has 3 N–H and O–H groups in total. The van der Waals surface area contributed by atoms with Gasteiger partial charge in [-0.2, -0.15) is 4.31 Å². The molecule has 0 bridgehead atoms. The van der Waals surface area contributed by atoms with Crippen LogP contribution in [0.2, 0.25) is 0 Å². The van der Waals surface area contributed by atoms with E-state index in [1.807, 2.05) is 0 Å². The summed E-state index contributed by atoms with van der Waals surface area (Å²) in [6.45, 7) is 1.36. The lowest BCUT2D eigenvalue weighted by atomic mass is 10.2. The molecule has 1 atom stereocenters. The lowest BCUT2D eigenvalue weighted by molar-refractivity contribution is -0.124. The van der Waals surface area contributed by atoms with E-state index < -0.39 is 16.1 Å². The van der Waals surface area contributed by atoms with Gasteiger partial charge in [0.05, 0.1) is 4.90 Å². The number of carbonyl (C=O) groups excluding carboxylic acids is 1. The van der Waals surface area contributed by atoms with Crippen molar-refractivity contribution in [2.75, 3.05) is 19.6 Å². The Hall–Kier alpha value is -1.44. The minimum atomic E-state index is -3.62. The first-order valence-electron chi connectivity index (χ1n) is 7.12. The molecular weight excluding hydrogens is 290 g/mol. The summed E-state index contributed by atoms with van der Waals surface area (Å²) in [5.74, 6) is -0.236. The highest BCUT2D eigenvalue weighted by atomic mass is 32.2. The zero-order valence-electron chi connectivity index (χ0n) is 11.9. The summed E-state index contributed by atoms with van der Waals surface area (Å²) in [7, 11) is -3.62. The molecule has 0 saturated carbocycles. The van der Waals surface area contributed by atoms with Gasteiger partial charge in [0.25, 0.3) is 0 Å². The van der Waals surface area contributed by atoms with Gasteiger partial charge in [0.1, 0.15) is 6.04 Å². The number of benzene rings is 1. The van der Waals surface area contributed by atoms with E-state index in [-0.39, 0.29) is 10.8 Å². The topological polar surface area (TPSA) is 92.5 Å². The minimum Gasteiger partial charge on any atom is -0.355 e. The van der Waals surface area contributed by atoms with Gasteiger partial charge in [0, 0.05) is 13.1 Å². The quantitative estimate of drug-likeness (QED) is 0.739. The third kappa shape index (κ3) is 3.61. The molecule has 116 valence electrons. The van der Waals surface area contributed by atoms with Crippen molar-refractivity contribution in [2.24, 2.45) is 5.73 Å². The Balaban J connectivity index is 2.13. The maximum Gasteiger partial charge on any atom is 0.243 e. The van der Waals surface area contributed by atoms with Gasteiger partial charge in [-0.3, -0.25) is 4.79 Å². The van der Waals surface area contributed by atoms with Crippen molar-refractivity contribution in [2.45, 2.75) is 30.2 Å². The molecule has 1 aliphatic rings. The van der Waals surface area contributed by atoms with Gasteiger partial charge in [-0.15, -0.1) is 0 Å². The number of nitrogens with zero attached hydrogens (tertiary/aromatic N) is 1. The van der Waals surface area contributed by atoms with Crippen LogP contribution in [0.3, 0.4) is 0 Å². The van der Waals surface area contributed by atoms with Crippen LogP contribution >= 0.6 is 0 Å². The monoisotopic (exact) mass is 311 g/mol. The van der Waals surface area contributed by atoms with E-state index in [0.29, 0.717) is 38.9 Å². The summed E-state index contributed by atoms with van der Waals surface area (Å²) in [5.41, 5.74) is 5.38. The maximum atomic E-state index is 12.6. The van der Waals surface area contributed by atoms with Crippen molar-refractivity contribution in [3.8, 4) is 0 Å². The second kappa shape index (κ2) is 7.02. The third-order valence-electron chi connectivity index (χ3n) is 3.54. The molecule has 0 spiro atoms. The molecule has 6 nitrogen and oxygen atoms in total. The van der Waals surface area contributed by atoms with Crippen LogP contribution in [-0.2, 0) is 14.8 Å². The Morgan fingerprint density at radius 2 is 2.05 bits per heavy atom. The number of amides is 1. The first-order valence-corrected chi connectivity index (χ1v) is 8.56. The molecule has 7 heteroatoms. The molecule has 1 aromatic rings. The molecule has 1 saturated heterocycles. The molecule has 1 aliphatic heterocycles. The van der Waals surface area contributed by atoms with Gasteiger partial charge >= 0.3 is 0 Å². The fourth-order valence-electron chi connectivity index (χ4n) is 2.45. The summed E-state index contributed by atoms with van der Waals surface area (Å²) < 4.78 is 26.5. The van der Waals surface area contributed by atoms with E-state index in [2.05, 4.69) is 5.32 Å². The van der Waals surface area contributed by atoms with E-state index in [1.54, 1.807) is 30.3 Å². The normalized spacial score (nSPS) is 19.6. The molecule has 1 unspecified atom stereocenters. The van der Waals surface area contributed by atoms with E-state index in [1.165, 1.54) is 4.31 Å². The van der Waals surface area contributed by atoms with Gasteiger partial charge in [-0.1, -0.05) is 18.2 Å². The Bertz CT molecular complexity index is 574. The lowest BCUT2D eigenvalue weighted by Crippen LogP contribution is -2.46. The van der Waals surface area contributed by atoms with Crippen LogP contribution in [0.1, 0.15) is 19.3 Å². The van der Waals surface area contributed by atoms with E-state index in [9.17, 15) is 13.2 Å². The Morgan fingerprint density at radius 1 is 1.33 bits per heavy atom. The molecule has 0 aliphatic carbocycles. The van der Waals surface area contributed by atoms with Gasteiger partial charge in [0.2, 0.25) is 15.9 Å². The first kappa shape index (κ1) is 15.9. The zero-order valence-corrected chi connectivity index (χ0v) is 12.7. The van der Waals surface area contributed by atoms with Gasteiger partial charge < -0.3 is 11.1 Å². The Morgan fingerprint density at radius 3 is 2.71 bits per heavy atom. The number of nitrogens with one attached hydrogen (secondary N) is 1. The summed E-state index contributed by atoms with van der Waals surface area (Å²) in [6.07, 6.45) is 1.94. The molecule has 1 aromatic carbocycles.